The highest BCUT2D eigenvalue weighted by molar-refractivity contribution is 5.89. The highest BCUT2D eigenvalue weighted by Gasteiger charge is 2.16. The smallest absolute Gasteiger partial charge is 0.203 e. The van der Waals surface area contributed by atoms with Crippen LogP contribution in [0.15, 0.2) is 37.4 Å². The van der Waals surface area contributed by atoms with Crippen LogP contribution in [-0.2, 0) is 6.54 Å². The van der Waals surface area contributed by atoms with Crippen LogP contribution in [0, 0.1) is 0 Å². The van der Waals surface area contributed by atoms with Gasteiger partial charge in [-0.3, -0.25) is 0 Å². The zero-order valence-electron chi connectivity index (χ0n) is 18.7. The van der Waals surface area contributed by atoms with Crippen LogP contribution in [0.1, 0.15) is 19.7 Å². The number of benzene rings is 1. The van der Waals surface area contributed by atoms with Gasteiger partial charge >= 0.3 is 0 Å². The number of aryl methyl sites for hydroxylation is 1. The van der Waals surface area contributed by atoms with Gasteiger partial charge in [-0.2, -0.15) is 5.10 Å². The Bertz CT molecular complexity index is 1270. The molecule has 0 atom stereocenters. The standard InChI is InChI=1S/C22H25N7O3/c1-7-29-22-15(10-24-29)21(26-20(27-22)13(2)3)25-18-11-28(12-23-18)14-8-16(30-4)19(32-6)17(9-14)31-5/h8-12H,2,7H2,1,3-6H3,(H,25,26,27). The Labute approximate surface area is 185 Å². The fourth-order valence-electron chi connectivity index (χ4n) is 3.34. The van der Waals surface area contributed by atoms with Crippen molar-refractivity contribution in [3.63, 3.8) is 0 Å². The van der Waals surface area contributed by atoms with Crippen LogP contribution in [-0.4, -0.2) is 50.6 Å². The van der Waals surface area contributed by atoms with Crippen molar-refractivity contribution in [3.05, 3.63) is 43.3 Å². The van der Waals surface area contributed by atoms with E-state index in [9.17, 15) is 0 Å². The monoisotopic (exact) mass is 435 g/mol. The number of aromatic nitrogens is 6. The molecule has 10 heteroatoms. The molecule has 0 aliphatic rings. The molecule has 32 heavy (non-hydrogen) atoms. The summed E-state index contributed by atoms with van der Waals surface area (Å²) in [5, 5.41) is 8.49. The summed E-state index contributed by atoms with van der Waals surface area (Å²) in [6.07, 6.45) is 5.29. The first kappa shape index (κ1) is 21.2. The summed E-state index contributed by atoms with van der Waals surface area (Å²) in [4.78, 5) is 13.7. The van der Waals surface area contributed by atoms with E-state index in [1.807, 2.05) is 41.4 Å². The topological polar surface area (TPSA) is 101 Å². The zero-order valence-corrected chi connectivity index (χ0v) is 18.7. The van der Waals surface area contributed by atoms with E-state index in [2.05, 4.69) is 31.9 Å². The van der Waals surface area contributed by atoms with Crippen LogP contribution in [0.4, 0.5) is 11.6 Å². The second kappa shape index (κ2) is 8.58. The van der Waals surface area contributed by atoms with Gasteiger partial charge in [-0.1, -0.05) is 6.58 Å². The normalized spacial score (nSPS) is 10.9. The molecule has 0 saturated carbocycles. The Morgan fingerprint density at radius 2 is 1.81 bits per heavy atom. The number of hydrogen-bond acceptors (Lipinski definition) is 8. The van der Waals surface area contributed by atoms with E-state index in [-0.39, 0.29) is 0 Å². The molecule has 4 aromatic rings. The van der Waals surface area contributed by atoms with Crippen molar-refractivity contribution in [2.75, 3.05) is 26.6 Å². The number of rotatable bonds is 8. The molecule has 3 heterocycles. The molecule has 0 aliphatic carbocycles. The third kappa shape index (κ3) is 3.70. The van der Waals surface area contributed by atoms with Gasteiger partial charge in [0, 0.05) is 18.7 Å². The maximum absolute atomic E-state index is 5.45. The van der Waals surface area contributed by atoms with E-state index in [1.165, 1.54) is 0 Å². The van der Waals surface area contributed by atoms with Crippen molar-refractivity contribution in [1.82, 2.24) is 29.3 Å². The summed E-state index contributed by atoms with van der Waals surface area (Å²) in [5.41, 5.74) is 2.31. The van der Waals surface area contributed by atoms with Crippen molar-refractivity contribution >= 4 is 28.2 Å². The minimum Gasteiger partial charge on any atom is -0.493 e. The molecule has 0 amide bonds. The van der Waals surface area contributed by atoms with Crippen molar-refractivity contribution in [2.45, 2.75) is 20.4 Å². The minimum atomic E-state index is 0.529. The predicted molar refractivity (Wildman–Crippen MR) is 122 cm³/mol. The highest BCUT2D eigenvalue weighted by Crippen LogP contribution is 2.39. The van der Waals surface area contributed by atoms with Gasteiger partial charge in [0.25, 0.3) is 0 Å². The Morgan fingerprint density at radius 3 is 2.41 bits per heavy atom. The van der Waals surface area contributed by atoms with Crippen LogP contribution in [0.3, 0.4) is 0 Å². The molecular formula is C22H25N7O3. The van der Waals surface area contributed by atoms with Gasteiger partial charge in [-0.05, 0) is 19.4 Å². The summed E-state index contributed by atoms with van der Waals surface area (Å²) in [7, 11) is 4.73. The van der Waals surface area contributed by atoms with Crippen LogP contribution >= 0.6 is 0 Å². The first-order valence-electron chi connectivity index (χ1n) is 9.99. The predicted octanol–water partition coefficient (Wildman–Crippen LogP) is 3.83. The minimum absolute atomic E-state index is 0.529. The molecular weight excluding hydrogens is 410 g/mol. The average Bonchev–Trinajstić information content (AvgIpc) is 3.44. The number of methoxy groups -OCH3 is 3. The van der Waals surface area contributed by atoms with E-state index in [4.69, 9.17) is 14.2 Å². The Morgan fingerprint density at radius 1 is 1.09 bits per heavy atom. The van der Waals surface area contributed by atoms with Crippen LogP contribution in [0.25, 0.3) is 22.3 Å². The van der Waals surface area contributed by atoms with E-state index < -0.39 is 0 Å². The van der Waals surface area contributed by atoms with Crippen LogP contribution < -0.4 is 19.5 Å². The van der Waals surface area contributed by atoms with Crippen molar-refractivity contribution < 1.29 is 14.2 Å². The first-order valence-corrected chi connectivity index (χ1v) is 9.99. The molecule has 0 unspecified atom stereocenters. The second-order valence-corrected chi connectivity index (χ2v) is 7.05. The third-order valence-corrected chi connectivity index (χ3v) is 4.95. The highest BCUT2D eigenvalue weighted by atomic mass is 16.5. The SMILES string of the molecule is C=C(C)c1nc(Nc2cn(-c3cc(OC)c(OC)c(OC)c3)cn2)c2cnn(CC)c2n1. The summed E-state index contributed by atoms with van der Waals surface area (Å²) < 4.78 is 20.0. The number of nitrogens with zero attached hydrogens (tertiary/aromatic N) is 6. The Balaban J connectivity index is 1.72. The molecule has 1 N–H and O–H groups in total. The maximum Gasteiger partial charge on any atom is 0.203 e. The lowest BCUT2D eigenvalue weighted by Crippen LogP contribution is -2.03. The van der Waals surface area contributed by atoms with Gasteiger partial charge < -0.3 is 24.1 Å². The number of imidazole rings is 1. The molecule has 10 nitrogen and oxygen atoms in total. The Kier molecular flexibility index (Phi) is 5.67. The first-order chi connectivity index (χ1) is 15.5. The van der Waals surface area contributed by atoms with Crippen LogP contribution in [0.2, 0.25) is 0 Å². The molecule has 0 saturated heterocycles. The van der Waals surface area contributed by atoms with Gasteiger partial charge in [-0.25, -0.2) is 19.6 Å². The lowest BCUT2D eigenvalue weighted by atomic mass is 10.2. The molecule has 3 aromatic heterocycles. The fourth-order valence-corrected chi connectivity index (χ4v) is 3.34. The maximum atomic E-state index is 5.45. The molecule has 1 aromatic carbocycles. The fraction of sp³-hybridized carbons (Fsp3) is 0.273. The molecule has 0 bridgehead atoms. The Hall–Kier alpha value is -4.08. The molecule has 0 spiro atoms. The summed E-state index contributed by atoms with van der Waals surface area (Å²) in [5.74, 6) is 3.42. The summed E-state index contributed by atoms with van der Waals surface area (Å²) in [6.45, 7) is 8.56. The lowest BCUT2D eigenvalue weighted by molar-refractivity contribution is 0.324. The number of allylic oxidation sites excluding steroid dienone is 1. The lowest BCUT2D eigenvalue weighted by Gasteiger charge is -2.14. The molecule has 166 valence electrons. The molecule has 0 aliphatic heterocycles. The van der Waals surface area contributed by atoms with Crippen molar-refractivity contribution in [2.24, 2.45) is 0 Å². The number of fused-ring (bicyclic) bond motifs is 1. The van der Waals surface area contributed by atoms with Gasteiger partial charge in [0.2, 0.25) is 5.75 Å². The van der Waals surface area contributed by atoms with Crippen LogP contribution in [0.5, 0.6) is 17.2 Å². The molecule has 0 fully saturated rings. The van der Waals surface area contributed by atoms with Gasteiger partial charge in [0.15, 0.2) is 23.0 Å². The van der Waals surface area contributed by atoms with E-state index in [0.717, 1.165) is 22.3 Å². The van der Waals surface area contributed by atoms with Crippen molar-refractivity contribution in [1.29, 1.82) is 0 Å². The molecule has 0 radical (unpaired) electrons. The van der Waals surface area contributed by atoms with E-state index in [1.54, 1.807) is 33.9 Å². The quantitative estimate of drug-likeness (QED) is 0.446. The van der Waals surface area contributed by atoms with Gasteiger partial charge in [-0.15, -0.1) is 0 Å². The van der Waals surface area contributed by atoms with Gasteiger partial charge in [0.05, 0.1) is 44.8 Å². The van der Waals surface area contributed by atoms with Gasteiger partial charge in [0.1, 0.15) is 18.0 Å². The summed E-state index contributed by atoms with van der Waals surface area (Å²) >= 11 is 0. The number of hydrogen-bond donors (Lipinski definition) is 1. The van der Waals surface area contributed by atoms with E-state index in [0.29, 0.717) is 41.3 Å². The third-order valence-electron chi connectivity index (χ3n) is 4.95. The van der Waals surface area contributed by atoms with Crippen molar-refractivity contribution in [3.8, 4) is 22.9 Å². The van der Waals surface area contributed by atoms with E-state index >= 15 is 0 Å². The summed E-state index contributed by atoms with van der Waals surface area (Å²) in [6, 6.07) is 3.69. The number of ether oxygens (including phenoxy) is 3. The second-order valence-electron chi connectivity index (χ2n) is 7.05. The molecule has 4 rings (SSSR count). The zero-order chi connectivity index (χ0) is 22.8. The largest absolute Gasteiger partial charge is 0.493 e. The number of nitrogens with one attached hydrogen (secondary N) is 1. The number of anilines is 2. The average molecular weight is 435 g/mol.